The highest BCUT2D eigenvalue weighted by molar-refractivity contribution is 7.71. The molecule has 0 unspecified atom stereocenters. The smallest absolute Gasteiger partial charge is 0.292 e. The summed E-state index contributed by atoms with van der Waals surface area (Å²) in [5, 5.41) is 7.86. The number of nitrogens with one attached hydrogen (secondary N) is 1. The molecule has 0 atom stereocenters. The second-order valence-electron chi connectivity index (χ2n) is 8.29. The van der Waals surface area contributed by atoms with Crippen molar-refractivity contribution in [3.63, 3.8) is 0 Å². The summed E-state index contributed by atoms with van der Waals surface area (Å²) < 4.78 is 3.73. The molecule has 2 aromatic carbocycles. The zero-order valence-corrected chi connectivity index (χ0v) is 20.3. The van der Waals surface area contributed by atoms with Gasteiger partial charge in [0.15, 0.2) is 5.82 Å². The predicted molar refractivity (Wildman–Crippen MR) is 136 cm³/mol. The van der Waals surface area contributed by atoms with Gasteiger partial charge in [-0.05, 0) is 31.3 Å². The number of aromatic nitrogens is 5. The standard InChI is InChI=1S/C24H24ClN7OS/c1-17-7-9-18(10-8-17)22-27-24(34)31(28-22)16-29-11-13-30(14-12-29)20-15-26-32(23(33)21(20)25)19-5-3-2-4-6-19/h2-10,15H,11-14,16H2,1H3,(H,27,28,34). The van der Waals surface area contributed by atoms with Gasteiger partial charge in [-0.3, -0.25) is 14.8 Å². The Kier molecular flexibility index (Phi) is 6.32. The summed E-state index contributed by atoms with van der Waals surface area (Å²) in [7, 11) is 0. The minimum Gasteiger partial charge on any atom is -0.366 e. The molecular formula is C24H24ClN7OS. The molecule has 1 N–H and O–H groups in total. The Morgan fingerprint density at radius 2 is 1.74 bits per heavy atom. The lowest BCUT2D eigenvalue weighted by Gasteiger charge is -2.36. The maximum Gasteiger partial charge on any atom is 0.292 e. The van der Waals surface area contributed by atoms with Crippen LogP contribution in [0.1, 0.15) is 5.56 Å². The Hall–Kier alpha value is -3.27. The second kappa shape index (κ2) is 9.54. The molecule has 4 aromatic rings. The van der Waals surface area contributed by atoms with Gasteiger partial charge in [0, 0.05) is 31.7 Å². The number of para-hydroxylation sites is 1. The summed E-state index contributed by atoms with van der Waals surface area (Å²) in [4.78, 5) is 21.7. The molecular weight excluding hydrogens is 470 g/mol. The van der Waals surface area contributed by atoms with Gasteiger partial charge in [-0.15, -0.1) is 0 Å². The Morgan fingerprint density at radius 3 is 2.44 bits per heavy atom. The molecule has 0 saturated carbocycles. The molecule has 2 aromatic heterocycles. The number of benzene rings is 2. The van der Waals surface area contributed by atoms with Crippen molar-refractivity contribution in [2.24, 2.45) is 0 Å². The van der Waals surface area contributed by atoms with Crippen LogP contribution in [0.25, 0.3) is 17.1 Å². The molecule has 0 bridgehead atoms. The first kappa shape index (κ1) is 22.5. The van der Waals surface area contributed by atoms with Crippen molar-refractivity contribution < 1.29 is 0 Å². The number of aromatic amines is 1. The van der Waals surface area contributed by atoms with Crippen molar-refractivity contribution in [3.05, 3.63) is 86.5 Å². The van der Waals surface area contributed by atoms with Crippen LogP contribution in [0.2, 0.25) is 5.02 Å². The molecule has 1 aliphatic rings. The largest absolute Gasteiger partial charge is 0.366 e. The van der Waals surface area contributed by atoms with E-state index >= 15 is 0 Å². The number of aryl methyl sites for hydroxylation is 1. The van der Waals surface area contributed by atoms with Crippen LogP contribution >= 0.6 is 23.8 Å². The molecule has 8 nitrogen and oxygen atoms in total. The first-order valence-electron chi connectivity index (χ1n) is 11.0. The summed E-state index contributed by atoms with van der Waals surface area (Å²) in [5.74, 6) is 0.764. The first-order chi connectivity index (χ1) is 16.5. The Labute approximate surface area is 207 Å². The van der Waals surface area contributed by atoms with Crippen molar-refractivity contribution in [1.82, 2.24) is 29.4 Å². The minimum absolute atomic E-state index is 0.186. The number of anilines is 1. The van der Waals surface area contributed by atoms with Gasteiger partial charge < -0.3 is 4.90 Å². The number of rotatable bonds is 5. The van der Waals surface area contributed by atoms with E-state index in [0.717, 1.165) is 37.6 Å². The van der Waals surface area contributed by atoms with Gasteiger partial charge in [0.2, 0.25) is 4.77 Å². The Morgan fingerprint density at radius 1 is 1.03 bits per heavy atom. The number of hydrogen-bond donors (Lipinski definition) is 1. The quantitative estimate of drug-likeness (QED) is 0.425. The average molecular weight is 494 g/mol. The highest BCUT2D eigenvalue weighted by Gasteiger charge is 2.22. The average Bonchev–Trinajstić information content (AvgIpc) is 3.22. The summed E-state index contributed by atoms with van der Waals surface area (Å²) in [5.41, 5.74) is 3.24. The summed E-state index contributed by atoms with van der Waals surface area (Å²) in [6, 6.07) is 17.5. The predicted octanol–water partition coefficient (Wildman–Crippen LogP) is 3.90. The van der Waals surface area contributed by atoms with Gasteiger partial charge in [0.25, 0.3) is 5.56 Å². The van der Waals surface area contributed by atoms with E-state index in [1.165, 1.54) is 10.2 Å². The highest BCUT2D eigenvalue weighted by atomic mass is 35.5. The minimum atomic E-state index is -0.319. The summed E-state index contributed by atoms with van der Waals surface area (Å²) in [6.45, 7) is 5.71. The third-order valence-electron chi connectivity index (χ3n) is 5.96. The van der Waals surface area contributed by atoms with Crippen LogP contribution in [0, 0.1) is 11.7 Å². The molecule has 5 rings (SSSR count). The number of H-pyrrole nitrogens is 1. The molecule has 34 heavy (non-hydrogen) atoms. The van der Waals surface area contributed by atoms with Crippen LogP contribution in [-0.2, 0) is 6.67 Å². The van der Waals surface area contributed by atoms with Crippen molar-refractivity contribution in [2.45, 2.75) is 13.6 Å². The third kappa shape index (κ3) is 4.54. The zero-order valence-electron chi connectivity index (χ0n) is 18.7. The SMILES string of the molecule is Cc1ccc(-c2nc(=S)n(CN3CCN(c4cnn(-c5ccccc5)c(=O)c4Cl)CC3)[nH]2)cc1. The fraction of sp³-hybridized carbons (Fsp3) is 0.250. The van der Waals surface area contributed by atoms with E-state index in [1.807, 2.05) is 47.1 Å². The fourth-order valence-corrected chi connectivity index (χ4v) is 4.46. The van der Waals surface area contributed by atoms with Gasteiger partial charge in [-0.25, -0.2) is 4.68 Å². The van der Waals surface area contributed by atoms with E-state index in [9.17, 15) is 4.79 Å². The Bertz CT molecular complexity index is 1400. The summed E-state index contributed by atoms with van der Waals surface area (Å²) >= 11 is 12.0. The van der Waals surface area contributed by atoms with Gasteiger partial charge >= 0.3 is 0 Å². The van der Waals surface area contributed by atoms with Crippen molar-refractivity contribution >= 4 is 29.5 Å². The normalized spacial score (nSPS) is 14.5. The monoisotopic (exact) mass is 493 g/mol. The second-order valence-corrected chi connectivity index (χ2v) is 9.03. The maximum atomic E-state index is 12.8. The van der Waals surface area contributed by atoms with Crippen LogP contribution in [-0.4, -0.2) is 55.6 Å². The van der Waals surface area contributed by atoms with E-state index in [0.29, 0.717) is 22.8 Å². The van der Waals surface area contributed by atoms with Crippen molar-refractivity contribution in [2.75, 3.05) is 31.1 Å². The molecule has 174 valence electrons. The summed E-state index contributed by atoms with van der Waals surface area (Å²) in [6.07, 6.45) is 1.67. The van der Waals surface area contributed by atoms with E-state index in [1.54, 1.807) is 6.20 Å². The number of hydrogen-bond acceptors (Lipinski definition) is 6. The molecule has 0 aliphatic carbocycles. The lowest BCUT2D eigenvalue weighted by Crippen LogP contribution is -2.47. The molecule has 1 aliphatic heterocycles. The Balaban J connectivity index is 1.26. The van der Waals surface area contributed by atoms with Gasteiger partial charge in [-0.2, -0.15) is 14.8 Å². The number of piperazine rings is 1. The topological polar surface area (TPSA) is 75.0 Å². The first-order valence-corrected chi connectivity index (χ1v) is 11.8. The van der Waals surface area contributed by atoms with Crippen molar-refractivity contribution in [1.29, 1.82) is 0 Å². The van der Waals surface area contributed by atoms with Gasteiger partial charge in [0.05, 0.1) is 24.2 Å². The van der Waals surface area contributed by atoms with Crippen LogP contribution in [0.4, 0.5) is 5.69 Å². The fourth-order valence-electron chi connectivity index (χ4n) is 4.02. The molecule has 1 fully saturated rings. The molecule has 0 radical (unpaired) electrons. The maximum absolute atomic E-state index is 12.8. The lowest BCUT2D eigenvalue weighted by atomic mass is 10.1. The lowest BCUT2D eigenvalue weighted by molar-refractivity contribution is 0.194. The van der Waals surface area contributed by atoms with Crippen LogP contribution in [0.3, 0.4) is 0 Å². The van der Waals surface area contributed by atoms with Gasteiger partial charge in [0.1, 0.15) is 5.02 Å². The number of halogens is 1. The highest BCUT2D eigenvalue weighted by Crippen LogP contribution is 2.23. The van der Waals surface area contributed by atoms with Crippen molar-refractivity contribution in [3.8, 4) is 17.1 Å². The van der Waals surface area contributed by atoms with E-state index < -0.39 is 0 Å². The van der Waals surface area contributed by atoms with Crippen LogP contribution in [0.15, 0.2) is 65.6 Å². The van der Waals surface area contributed by atoms with Crippen LogP contribution in [0.5, 0.6) is 0 Å². The molecule has 0 spiro atoms. The molecule has 3 heterocycles. The zero-order chi connectivity index (χ0) is 23.7. The third-order valence-corrected chi connectivity index (χ3v) is 6.63. The van der Waals surface area contributed by atoms with E-state index in [-0.39, 0.29) is 10.6 Å². The van der Waals surface area contributed by atoms with E-state index in [4.69, 9.17) is 23.8 Å². The number of nitrogens with zero attached hydrogens (tertiary/aromatic N) is 6. The van der Waals surface area contributed by atoms with Crippen LogP contribution < -0.4 is 10.5 Å². The van der Waals surface area contributed by atoms with E-state index in [2.05, 4.69) is 44.0 Å². The molecule has 10 heteroatoms. The molecule has 0 amide bonds. The molecule has 1 saturated heterocycles. The van der Waals surface area contributed by atoms with Gasteiger partial charge in [-0.1, -0.05) is 59.6 Å².